The SMILES string of the molecule is COc1ccc(CN2CCC[C@H](c3[nH]ncc3CC(C)C)C2)cc1C. The molecule has 0 amide bonds. The third-order valence-electron chi connectivity index (χ3n) is 5.16. The molecule has 1 aliphatic heterocycles. The third-order valence-corrected chi connectivity index (χ3v) is 5.16. The molecular weight excluding hydrogens is 310 g/mol. The summed E-state index contributed by atoms with van der Waals surface area (Å²) >= 11 is 0. The lowest BCUT2D eigenvalue weighted by molar-refractivity contribution is 0.198. The number of nitrogens with one attached hydrogen (secondary N) is 1. The van der Waals surface area contributed by atoms with Crippen molar-refractivity contribution < 1.29 is 4.74 Å². The molecule has 2 heterocycles. The van der Waals surface area contributed by atoms with Crippen molar-refractivity contribution in [3.63, 3.8) is 0 Å². The van der Waals surface area contributed by atoms with Gasteiger partial charge in [-0.3, -0.25) is 10.00 Å². The monoisotopic (exact) mass is 341 g/mol. The molecule has 3 rings (SSSR count). The number of hydrogen-bond acceptors (Lipinski definition) is 3. The standard InChI is InChI=1S/C21H31N3O/c1-15(2)10-19-12-22-23-21(19)18-6-5-9-24(14-18)13-17-7-8-20(25-4)16(3)11-17/h7-8,11-12,15,18H,5-6,9-10,13-14H2,1-4H3,(H,22,23)/t18-/m0/s1. The minimum atomic E-state index is 0.573. The Morgan fingerprint density at radius 1 is 1.36 bits per heavy atom. The first-order valence-corrected chi connectivity index (χ1v) is 9.44. The summed E-state index contributed by atoms with van der Waals surface area (Å²) < 4.78 is 5.38. The highest BCUT2D eigenvalue weighted by Crippen LogP contribution is 2.30. The Morgan fingerprint density at radius 2 is 2.20 bits per heavy atom. The van der Waals surface area contributed by atoms with Gasteiger partial charge in [-0.1, -0.05) is 26.0 Å². The first-order valence-electron chi connectivity index (χ1n) is 9.44. The molecular formula is C21H31N3O. The first kappa shape index (κ1) is 18.0. The maximum absolute atomic E-state index is 5.38. The average Bonchev–Trinajstić information content (AvgIpc) is 3.03. The van der Waals surface area contributed by atoms with Gasteiger partial charge in [-0.15, -0.1) is 0 Å². The molecule has 1 N–H and O–H groups in total. The van der Waals surface area contributed by atoms with Gasteiger partial charge in [0.15, 0.2) is 0 Å². The quantitative estimate of drug-likeness (QED) is 0.851. The molecule has 0 unspecified atom stereocenters. The fourth-order valence-electron chi connectivity index (χ4n) is 4.01. The summed E-state index contributed by atoms with van der Waals surface area (Å²) in [4.78, 5) is 2.58. The predicted molar refractivity (Wildman–Crippen MR) is 102 cm³/mol. The number of ether oxygens (including phenoxy) is 1. The molecule has 1 saturated heterocycles. The largest absolute Gasteiger partial charge is 0.496 e. The van der Waals surface area contributed by atoms with Crippen LogP contribution in [0.1, 0.15) is 55.0 Å². The Kier molecular flexibility index (Phi) is 5.79. The van der Waals surface area contributed by atoms with Gasteiger partial charge in [0.05, 0.1) is 13.3 Å². The van der Waals surface area contributed by atoms with E-state index in [-0.39, 0.29) is 0 Å². The smallest absolute Gasteiger partial charge is 0.121 e. The number of aromatic amines is 1. The van der Waals surface area contributed by atoms with Gasteiger partial charge in [0.2, 0.25) is 0 Å². The van der Waals surface area contributed by atoms with E-state index in [9.17, 15) is 0 Å². The number of aromatic nitrogens is 2. The lowest BCUT2D eigenvalue weighted by Crippen LogP contribution is -2.34. The summed E-state index contributed by atoms with van der Waals surface area (Å²) in [7, 11) is 1.73. The predicted octanol–water partition coefficient (Wildman–Crippen LogP) is 4.30. The van der Waals surface area contributed by atoms with Gasteiger partial charge >= 0.3 is 0 Å². The van der Waals surface area contributed by atoms with E-state index < -0.39 is 0 Å². The highest BCUT2D eigenvalue weighted by atomic mass is 16.5. The van der Waals surface area contributed by atoms with E-state index in [1.165, 1.54) is 41.8 Å². The van der Waals surface area contributed by atoms with E-state index in [1.54, 1.807) is 7.11 Å². The number of nitrogens with zero attached hydrogens (tertiary/aromatic N) is 2. The van der Waals surface area contributed by atoms with Gasteiger partial charge < -0.3 is 4.74 Å². The van der Waals surface area contributed by atoms with Gasteiger partial charge in [-0.25, -0.2) is 0 Å². The second kappa shape index (κ2) is 8.05. The Labute approximate surface area is 151 Å². The van der Waals surface area contributed by atoms with Crippen LogP contribution in [0.2, 0.25) is 0 Å². The van der Waals surface area contributed by atoms with Crippen LogP contribution in [-0.4, -0.2) is 35.3 Å². The topological polar surface area (TPSA) is 41.1 Å². The van der Waals surface area contributed by atoms with Gasteiger partial charge in [0.25, 0.3) is 0 Å². The molecule has 0 radical (unpaired) electrons. The van der Waals surface area contributed by atoms with Crippen LogP contribution in [0.3, 0.4) is 0 Å². The molecule has 25 heavy (non-hydrogen) atoms. The molecule has 0 bridgehead atoms. The Balaban J connectivity index is 1.67. The lowest BCUT2D eigenvalue weighted by Gasteiger charge is -2.33. The average molecular weight is 341 g/mol. The summed E-state index contributed by atoms with van der Waals surface area (Å²) in [6, 6.07) is 6.53. The third kappa shape index (κ3) is 4.43. The molecule has 1 atom stereocenters. The molecule has 1 aromatic heterocycles. The van der Waals surface area contributed by atoms with E-state index in [4.69, 9.17) is 4.74 Å². The van der Waals surface area contributed by atoms with Crippen molar-refractivity contribution in [2.75, 3.05) is 20.2 Å². The van der Waals surface area contributed by atoms with Crippen molar-refractivity contribution >= 4 is 0 Å². The number of methoxy groups -OCH3 is 1. The van der Waals surface area contributed by atoms with E-state index >= 15 is 0 Å². The van der Waals surface area contributed by atoms with Gasteiger partial charge in [-0.05, 0) is 61.4 Å². The Hall–Kier alpha value is -1.81. The molecule has 1 aromatic carbocycles. The van der Waals surface area contributed by atoms with Crippen LogP contribution in [0.25, 0.3) is 0 Å². The summed E-state index contributed by atoms with van der Waals surface area (Å²) in [6.45, 7) is 9.96. The maximum atomic E-state index is 5.38. The number of H-pyrrole nitrogens is 1. The lowest BCUT2D eigenvalue weighted by atomic mass is 9.90. The summed E-state index contributed by atoms with van der Waals surface area (Å²) in [5.74, 6) is 2.21. The molecule has 136 valence electrons. The normalized spacial score (nSPS) is 18.7. The minimum absolute atomic E-state index is 0.573. The van der Waals surface area contributed by atoms with Crippen molar-refractivity contribution in [2.24, 2.45) is 5.92 Å². The van der Waals surface area contributed by atoms with Crippen molar-refractivity contribution in [2.45, 2.75) is 52.5 Å². The molecule has 0 aliphatic carbocycles. The van der Waals surface area contributed by atoms with Crippen LogP contribution in [0, 0.1) is 12.8 Å². The molecule has 4 nitrogen and oxygen atoms in total. The maximum Gasteiger partial charge on any atom is 0.121 e. The van der Waals surface area contributed by atoms with E-state index in [1.807, 2.05) is 6.20 Å². The summed E-state index contributed by atoms with van der Waals surface area (Å²) in [5.41, 5.74) is 5.35. The van der Waals surface area contributed by atoms with Crippen LogP contribution in [0.15, 0.2) is 24.4 Å². The summed E-state index contributed by atoms with van der Waals surface area (Å²) in [5, 5.41) is 7.63. The molecule has 0 spiro atoms. The number of benzene rings is 1. The second-order valence-electron chi connectivity index (χ2n) is 7.79. The van der Waals surface area contributed by atoms with E-state index in [0.717, 1.165) is 25.3 Å². The fourth-order valence-corrected chi connectivity index (χ4v) is 4.01. The zero-order chi connectivity index (χ0) is 17.8. The van der Waals surface area contributed by atoms with Gasteiger partial charge in [0, 0.05) is 24.7 Å². The van der Waals surface area contributed by atoms with Crippen molar-refractivity contribution in [3.05, 3.63) is 46.8 Å². The molecule has 1 aliphatic rings. The molecule has 2 aromatic rings. The number of rotatable bonds is 6. The molecule has 4 heteroatoms. The zero-order valence-electron chi connectivity index (χ0n) is 16.0. The van der Waals surface area contributed by atoms with Crippen LogP contribution in [0.5, 0.6) is 5.75 Å². The van der Waals surface area contributed by atoms with E-state index in [2.05, 4.69) is 54.1 Å². The van der Waals surface area contributed by atoms with E-state index in [0.29, 0.717) is 11.8 Å². The van der Waals surface area contributed by atoms with Crippen LogP contribution in [0.4, 0.5) is 0 Å². The first-order chi connectivity index (χ1) is 12.1. The molecule has 0 saturated carbocycles. The number of hydrogen-bond donors (Lipinski definition) is 1. The minimum Gasteiger partial charge on any atom is -0.496 e. The highest BCUT2D eigenvalue weighted by Gasteiger charge is 2.25. The number of piperidine rings is 1. The Bertz CT molecular complexity index is 692. The van der Waals surface area contributed by atoms with Crippen LogP contribution < -0.4 is 4.74 Å². The van der Waals surface area contributed by atoms with Crippen molar-refractivity contribution in [1.82, 2.24) is 15.1 Å². The second-order valence-corrected chi connectivity index (χ2v) is 7.79. The Morgan fingerprint density at radius 3 is 2.92 bits per heavy atom. The fraction of sp³-hybridized carbons (Fsp3) is 0.571. The highest BCUT2D eigenvalue weighted by molar-refractivity contribution is 5.36. The van der Waals surface area contributed by atoms with Crippen LogP contribution >= 0.6 is 0 Å². The van der Waals surface area contributed by atoms with Crippen LogP contribution in [-0.2, 0) is 13.0 Å². The number of aryl methyl sites for hydroxylation is 1. The summed E-state index contributed by atoms with van der Waals surface area (Å²) in [6.07, 6.45) is 5.65. The number of likely N-dealkylation sites (tertiary alicyclic amines) is 1. The van der Waals surface area contributed by atoms with Crippen molar-refractivity contribution in [3.8, 4) is 5.75 Å². The molecule has 1 fully saturated rings. The van der Waals surface area contributed by atoms with Gasteiger partial charge in [-0.2, -0.15) is 5.10 Å². The van der Waals surface area contributed by atoms with Crippen molar-refractivity contribution in [1.29, 1.82) is 0 Å². The zero-order valence-corrected chi connectivity index (χ0v) is 16.0. The van der Waals surface area contributed by atoms with Gasteiger partial charge in [0.1, 0.15) is 5.75 Å².